The first-order valence-electron chi connectivity index (χ1n) is 17.6. The molecule has 4 rings (SSSR count). The Hall–Kier alpha value is -3.04. The number of carbonyl (C=O) groups excluding carboxylic acids is 1. The largest absolute Gasteiger partial charge is 0.490 e. The van der Waals surface area contributed by atoms with E-state index in [0.717, 1.165) is 45.3 Å². The Balaban J connectivity index is 2.22. The van der Waals surface area contributed by atoms with Crippen molar-refractivity contribution in [3.63, 3.8) is 0 Å². The van der Waals surface area contributed by atoms with Crippen molar-refractivity contribution in [2.24, 2.45) is 11.8 Å². The van der Waals surface area contributed by atoms with Crippen LogP contribution in [0, 0.1) is 11.8 Å². The van der Waals surface area contributed by atoms with E-state index in [9.17, 15) is 4.79 Å². The second-order valence-corrected chi connectivity index (χ2v) is 17.2. The highest BCUT2D eigenvalue weighted by atomic mass is 31.1. The normalized spacial score (nSPS) is 18.6. The Bertz CT molecular complexity index is 1340. The average molecular weight is 661 g/mol. The van der Waals surface area contributed by atoms with E-state index in [1.807, 2.05) is 12.1 Å². The summed E-state index contributed by atoms with van der Waals surface area (Å²) in [6, 6.07) is 18.9. The number of ether oxygens (including phenoxy) is 4. The molecule has 0 radical (unpaired) electrons. The first-order chi connectivity index (χ1) is 22.2. The van der Waals surface area contributed by atoms with Crippen molar-refractivity contribution in [1.29, 1.82) is 0 Å². The van der Waals surface area contributed by atoms with Crippen LogP contribution in [0.15, 0.2) is 54.6 Å². The highest BCUT2D eigenvalue weighted by Crippen LogP contribution is 2.60. The second-order valence-electron chi connectivity index (χ2n) is 14.6. The molecule has 3 aromatic rings. The number of Topliss-reactive ketones (excluding diaryl/α,β-unsaturated/α-hetero) is 1. The van der Waals surface area contributed by atoms with Crippen molar-refractivity contribution < 1.29 is 23.7 Å². The number of carbonyl (C=O) groups is 1. The molecule has 0 bridgehead atoms. The molecule has 1 fully saturated rings. The lowest BCUT2D eigenvalue weighted by Crippen LogP contribution is -2.38. The smallest absolute Gasteiger partial charge is 0.134 e. The Morgan fingerprint density at radius 3 is 1.09 bits per heavy atom. The van der Waals surface area contributed by atoms with Gasteiger partial charge in [-0.15, -0.1) is 0 Å². The van der Waals surface area contributed by atoms with Gasteiger partial charge in [0.25, 0.3) is 0 Å². The molecular weight excluding hydrogens is 603 g/mol. The quantitative estimate of drug-likeness (QED) is 0.171. The van der Waals surface area contributed by atoms with Gasteiger partial charge in [-0.05, 0) is 119 Å². The van der Waals surface area contributed by atoms with E-state index in [4.69, 9.17) is 18.9 Å². The van der Waals surface area contributed by atoms with Gasteiger partial charge in [0.1, 0.15) is 28.8 Å². The molecular formula is C41H57O5P. The third-order valence-corrected chi connectivity index (χ3v) is 12.4. The van der Waals surface area contributed by atoms with Gasteiger partial charge < -0.3 is 18.9 Å². The summed E-state index contributed by atoms with van der Waals surface area (Å²) >= 11 is 0. The molecule has 1 aliphatic rings. The van der Waals surface area contributed by atoms with E-state index < -0.39 is 7.92 Å². The third-order valence-electron chi connectivity index (χ3n) is 8.39. The Kier molecular flexibility index (Phi) is 12.5. The van der Waals surface area contributed by atoms with Crippen molar-refractivity contribution in [3.05, 3.63) is 54.6 Å². The summed E-state index contributed by atoms with van der Waals surface area (Å²) in [7, 11) is -0.862. The van der Waals surface area contributed by atoms with Crippen LogP contribution < -0.4 is 24.3 Å². The van der Waals surface area contributed by atoms with Gasteiger partial charge in [0.05, 0.1) is 35.5 Å². The molecule has 1 aliphatic heterocycles. The highest BCUT2D eigenvalue weighted by Gasteiger charge is 2.43. The molecule has 0 spiro atoms. The molecule has 5 nitrogen and oxygen atoms in total. The number of hydrogen-bond acceptors (Lipinski definition) is 5. The second kappa shape index (κ2) is 15.9. The minimum Gasteiger partial charge on any atom is -0.490 e. The summed E-state index contributed by atoms with van der Waals surface area (Å²) in [5.41, 5.74) is 4.56. The predicted molar refractivity (Wildman–Crippen MR) is 198 cm³/mol. The first-order valence-corrected chi connectivity index (χ1v) is 19.0. The van der Waals surface area contributed by atoms with E-state index in [0.29, 0.717) is 30.5 Å². The average Bonchev–Trinajstić information content (AvgIpc) is 2.95. The van der Waals surface area contributed by atoms with Crippen molar-refractivity contribution in [2.75, 3.05) is 0 Å². The van der Waals surface area contributed by atoms with Crippen LogP contribution in [0.5, 0.6) is 23.0 Å². The summed E-state index contributed by atoms with van der Waals surface area (Å²) < 4.78 is 26.2. The molecule has 0 N–H and O–H groups in total. The van der Waals surface area contributed by atoms with Crippen molar-refractivity contribution in [3.8, 4) is 45.3 Å². The minimum absolute atomic E-state index is 0.0225. The number of rotatable bonds is 13. The molecule has 0 amide bonds. The standard InChI is InChI=1S/C41H57O5P/c1-24(2)37-22-30(42)23-38(25(3)4)47(37)41-31(39-33(43-26(5)6)18-14-19-34(39)44-27(7)8)16-13-17-32(41)40-35(45-28(9)10)20-15-21-36(40)46-29(11)12/h13-21,24-29,37-38H,22-23H2,1-12H3. The van der Waals surface area contributed by atoms with Gasteiger partial charge in [-0.1, -0.05) is 65.9 Å². The molecule has 2 atom stereocenters. The zero-order valence-electron chi connectivity index (χ0n) is 30.7. The predicted octanol–water partition coefficient (Wildman–Crippen LogP) is 10.7. The van der Waals surface area contributed by atoms with Crippen LogP contribution in [0.2, 0.25) is 0 Å². The summed E-state index contributed by atoms with van der Waals surface area (Å²) in [5, 5.41) is 1.27. The molecule has 3 aromatic carbocycles. The lowest BCUT2D eigenvalue weighted by Gasteiger charge is -2.44. The summed E-state index contributed by atoms with van der Waals surface area (Å²) in [6.07, 6.45) is 1.10. The van der Waals surface area contributed by atoms with Crippen LogP contribution in [-0.4, -0.2) is 41.5 Å². The minimum atomic E-state index is -0.862. The first kappa shape index (κ1) is 36.8. The third kappa shape index (κ3) is 8.71. The van der Waals surface area contributed by atoms with E-state index in [1.165, 1.54) is 5.30 Å². The maximum Gasteiger partial charge on any atom is 0.134 e. The molecule has 0 saturated carbocycles. The van der Waals surface area contributed by atoms with Gasteiger partial charge in [-0.3, -0.25) is 4.79 Å². The summed E-state index contributed by atoms with van der Waals surface area (Å²) in [4.78, 5) is 13.4. The van der Waals surface area contributed by atoms with E-state index >= 15 is 0 Å². The van der Waals surface area contributed by atoms with Gasteiger partial charge in [0, 0.05) is 12.8 Å². The van der Waals surface area contributed by atoms with Crippen LogP contribution in [0.3, 0.4) is 0 Å². The topological polar surface area (TPSA) is 54.0 Å². The van der Waals surface area contributed by atoms with E-state index in [1.54, 1.807) is 0 Å². The number of hydrogen-bond donors (Lipinski definition) is 0. The SMILES string of the molecule is CC(C)Oc1cccc(OC(C)C)c1-c1cccc(-c2c(OC(C)C)cccc2OC(C)C)c1P1C(C(C)C)CC(=O)CC1C(C)C. The van der Waals surface area contributed by atoms with Gasteiger partial charge in [-0.2, -0.15) is 0 Å². The van der Waals surface area contributed by atoms with Crippen LogP contribution in [-0.2, 0) is 4.79 Å². The zero-order valence-corrected chi connectivity index (χ0v) is 31.6. The Morgan fingerprint density at radius 2 is 0.809 bits per heavy atom. The zero-order chi connectivity index (χ0) is 34.6. The molecule has 1 saturated heterocycles. The maximum absolute atomic E-state index is 13.4. The van der Waals surface area contributed by atoms with Crippen LogP contribution in [0.1, 0.15) is 95.9 Å². The maximum atomic E-state index is 13.4. The van der Waals surface area contributed by atoms with Crippen molar-refractivity contribution >= 4 is 19.0 Å². The number of benzene rings is 3. The molecule has 0 aromatic heterocycles. The summed E-state index contributed by atoms with van der Waals surface area (Å²) in [5.74, 6) is 4.22. The Labute approximate surface area is 285 Å². The van der Waals surface area contributed by atoms with E-state index in [-0.39, 0.29) is 35.7 Å². The van der Waals surface area contributed by atoms with Crippen molar-refractivity contribution in [2.45, 2.75) is 132 Å². The van der Waals surface area contributed by atoms with Gasteiger partial charge in [0.2, 0.25) is 0 Å². The fourth-order valence-corrected chi connectivity index (χ4v) is 10.8. The van der Waals surface area contributed by atoms with Gasteiger partial charge >= 0.3 is 0 Å². The van der Waals surface area contributed by atoms with Gasteiger partial charge in [-0.25, -0.2) is 0 Å². The molecule has 0 aliphatic carbocycles. The van der Waals surface area contributed by atoms with E-state index in [2.05, 4.69) is 126 Å². The monoisotopic (exact) mass is 660 g/mol. The molecule has 6 heteroatoms. The molecule has 47 heavy (non-hydrogen) atoms. The van der Waals surface area contributed by atoms with Crippen LogP contribution in [0.4, 0.5) is 0 Å². The van der Waals surface area contributed by atoms with Crippen LogP contribution >= 0.6 is 7.92 Å². The highest BCUT2D eigenvalue weighted by molar-refractivity contribution is 7.68. The Morgan fingerprint density at radius 1 is 0.511 bits per heavy atom. The molecule has 256 valence electrons. The summed E-state index contributed by atoms with van der Waals surface area (Å²) in [6.45, 7) is 25.6. The lowest BCUT2D eigenvalue weighted by molar-refractivity contribution is -0.119. The van der Waals surface area contributed by atoms with Gasteiger partial charge in [0.15, 0.2) is 0 Å². The molecule has 1 heterocycles. The van der Waals surface area contributed by atoms with Crippen LogP contribution in [0.25, 0.3) is 22.3 Å². The fraction of sp³-hybridized carbons (Fsp3) is 0.537. The fourth-order valence-electron chi connectivity index (χ4n) is 6.62. The number of ketones is 1. The lowest BCUT2D eigenvalue weighted by atomic mass is 9.95. The van der Waals surface area contributed by atoms with Crippen molar-refractivity contribution in [1.82, 2.24) is 0 Å². The molecule has 2 unspecified atom stereocenters.